The fourth-order valence-corrected chi connectivity index (χ4v) is 0.767. The molecule has 1 fully saturated rings. The summed E-state index contributed by atoms with van der Waals surface area (Å²) in [5.41, 5.74) is 0.519. The van der Waals surface area contributed by atoms with Gasteiger partial charge in [0, 0.05) is 12.1 Å². The van der Waals surface area contributed by atoms with Gasteiger partial charge in [0.1, 0.15) is 6.10 Å². The molecule has 1 heterocycles. The van der Waals surface area contributed by atoms with Crippen LogP contribution in [-0.2, 0) is 14.3 Å². The summed E-state index contributed by atoms with van der Waals surface area (Å²) in [6.45, 7) is 7.68. The normalized spacial score (nSPS) is 19.6. The summed E-state index contributed by atoms with van der Waals surface area (Å²) >= 11 is 0. The number of ether oxygens (including phenoxy) is 2. The van der Waals surface area contributed by atoms with Crippen molar-refractivity contribution < 1.29 is 14.3 Å². The zero-order valence-electron chi connectivity index (χ0n) is 7.84. The number of epoxide rings is 1. The molecule has 0 saturated carbocycles. The molecule has 74 valence electrons. The number of nitrogens with one attached hydrogen (secondary N) is 1. The van der Waals surface area contributed by atoms with Gasteiger partial charge in [0.25, 0.3) is 0 Å². The maximum absolute atomic E-state index is 11.0. The molecule has 0 aromatic carbocycles. The molecule has 0 aromatic rings. The summed E-state index contributed by atoms with van der Waals surface area (Å²) in [6.07, 6.45) is 0.289. The highest BCUT2D eigenvalue weighted by Crippen LogP contribution is 2.07. The molecule has 1 aliphatic heterocycles. The van der Waals surface area contributed by atoms with E-state index in [2.05, 4.69) is 11.9 Å². The predicted molar refractivity (Wildman–Crippen MR) is 48.4 cm³/mol. The molecule has 1 amide bonds. The molecule has 13 heavy (non-hydrogen) atoms. The van der Waals surface area contributed by atoms with Crippen molar-refractivity contribution in [3.8, 4) is 0 Å². The van der Waals surface area contributed by atoms with Gasteiger partial charge >= 0.3 is 0 Å². The third-order valence-corrected chi connectivity index (χ3v) is 1.63. The highest BCUT2D eigenvalue weighted by molar-refractivity contribution is 5.91. The van der Waals surface area contributed by atoms with Gasteiger partial charge in [0.15, 0.2) is 0 Å². The number of hydrogen-bond donors (Lipinski definition) is 1. The Morgan fingerprint density at radius 2 is 2.46 bits per heavy atom. The lowest BCUT2D eigenvalue weighted by Gasteiger charge is -2.04. The highest BCUT2D eigenvalue weighted by Gasteiger charge is 2.21. The topological polar surface area (TPSA) is 50.9 Å². The minimum absolute atomic E-state index is 0.119. The fourth-order valence-electron chi connectivity index (χ4n) is 0.767. The first-order chi connectivity index (χ1) is 6.20. The van der Waals surface area contributed by atoms with Crippen LogP contribution in [0.4, 0.5) is 0 Å². The maximum atomic E-state index is 11.0. The summed E-state index contributed by atoms with van der Waals surface area (Å²) in [4.78, 5) is 11.0. The van der Waals surface area contributed by atoms with Gasteiger partial charge in [-0.1, -0.05) is 6.58 Å². The van der Waals surface area contributed by atoms with Crippen molar-refractivity contribution in [1.29, 1.82) is 0 Å². The monoisotopic (exact) mass is 185 g/mol. The summed E-state index contributed by atoms with van der Waals surface area (Å²) in [6, 6.07) is 0. The predicted octanol–water partition coefficient (Wildman–Crippen LogP) is 0.0941. The van der Waals surface area contributed by atoms with E-state index in [0.717, 1.165) is 6.61 Å². The Balaban J connectivity index is 1.87. The van der Waals surface area contributed by atoms with Crippen molar-refractivity contribution in [2.45, 2.75) is 13.0 Å². The van der Waals surface area contributed by atoms with E-state index in [1.807, 2.05) is 0 Å². The first-order valence-electron chi connectivity index (χ1n) is 4.33. The smallest absolute Gasteiger partial charge is 0.246 e. The minimum Gasteiger partial charge on any atom is -0.377 e. The summed E-state index contributed by atoms with van der Waals surface area (Å²) in [5.74, 6) is -0.119. The Morgan fingerprint density at radius 1 is 1.77 bits per heavy atom. The molecule has 0 aliphatic carbocycles. The number of hydrogen-bond acceptors (Lipinski definition) is 3. The van der Waals surface area contributed by atoms with E-state index in [4.69, 9.17) is 9.47 Å². The van der Waals surface area contributed by atoms with Crippen LogP contribution >= 0.6 is 0 Å². The summed E-state index contributed by atoms with van der Waals surface area (Å²) < 4.78 is 10.2. The van der Waals surface area contributed by atoms with Crippen LogP contribution in [-0.4, -0.2) is 38.4 Å². The van der Waals surface area contributed by atoms with Crippen LogP contribution in [0.2, 0.25) is 0 Å². The third kappa shape index (κ3) is 4.65. The number of amides is 1. The number of carbonyl (C=O) groups is 1. The molecule has 1 rings (SSSR count). The van der Waals surface area contributed by atoms with E-state index >= 15 is 0 Å². The lowest BCUT2D eigenvalue weighted by atomic mass is 10.3. The third-order valence-electron chi connectivity index (χ3n) is 1.63. The quantitative estimate of drug-likeness (QED) is 0.362. The number of carbonyl (C=O) groups excluding carboxylic acids is 1. The summed E-state index contributed by atoms with van der Waals surface area (Å²) in [5, 5.41) is 2.67. The molecule has 0 spiro atoms. The second-order valence-electron chi connectivity index (χ2n) is 3.07. The lowest BCUT2D eigenvalue weighted by molar-refractivity contribution is -0.117. The molecule has 1 aliphatic rings. The Labute approximate surface area is 77.9 Å². The largest absolute Gasteiger partial charge is 0.377 e. The standard InChI is InChI=1S/C9H15NO3/c1-7(2)9(11)10-3-4-12-5-8-6-13-8/h8H,1,3-6H2,2H3,(H,10,11). The second-order valence-corrected chi connectivity index (χ2v) is 3.07. The average molecular weight is 185 g/mol. The molecule has 4 nitrogen and oxygen atoms in total. The van der Waals surface area contributed by atoms with Crippen molar-refractivity contribution in [3.63, 3.8) is 0 Å². The van der Waals surface area contributed by atoms with Gasteiger partial charge in [0.05, 0.1) is 19.8 Å². The van der Waals surface area contributed by atoms with Crippen LogP contribution in [0.25, 0.3) is 0 Å². The van der Waals surface area contributed by atoms with Crippen molar-refractivity contribution in [3.05, 3.63) is 12.2 Å². The highest BCUT2D eigenvalue weighted by atomic mass is 16.6. The van der Waals surface area contributed by atoms with Gasteiger partial charge in [-0.3, -0.25) is 4.79 Å². The molecule has 0 radical (unpaired) electrons. The minimum atomic E-state index is -0.119. The second kappa shape index (κ2) is 4.99. The zero-order valence-corrected chi connectivity index (χ0v) is 7.84. The molecule has 1 saturated heterocycles. The molecule has 1 atom stereocenters. The Hall–Kier alpha value is -0.870. The van der Waals surface area contributed by atoms with Gasteiger partial charge in [-0.15, -0.1) is 0 Å². The molecule has 4 heteroatoms. The summed E-state index contributed by atoms with van der Waals surface area (Å²) in [7, 11) is 0. The zero-order chi connectivity index (χ0) is 9.68. The van der Waals surface area contributed by atoms with E-state index in [0.29, 0.717) is 25.3 Å². The van der Waals surface area contributed by atoms with Crippen molar-refractivity contribution >= 4 is 5.91 Å². The van der Waals surface area contributed by atoms with E-state index in [1.54, 1.807) is 6.92 Å². The van der Waals surface area contributed by atoms with Gasteiger partial charge in [-0.05, 0) is 6.92 Å². The van der Waals surface area contributed by atoms with Gasteiger partial charge in [0.2, 0.25) is 5.91 Å². The number of rotatable bonds is 6. The van der Waals surface area contributed by atoms with Crippen LogP contribution in [0.5, 0.6) is 0 Å². The van der Waals surface area contributed by atoms with Gasteiger partial charge in [-0.2, -0.15) is 0 Å². The molecule has 1 N–H and O–H groups in total. The Bertz CT molecular complexity index is 199. The van der Waals surface area contributed by atoms with Crippen molar-refractivity contribution in [2.75, 3.05) is 26.4 Å². The van der Waals surface area contributed by atoms with E-state index in [1.165, 1.54) is 0 Å². The van der Waals surface area contributed by atoms with Crippen LogP contribution in [0.15, 0.2) is 12.2 Å². The first kappa shape index (κ1) is 10.2. The van der Waals surface area contributed by atoms with Crippen molar-refractivity contribution in [1.82, 2.24) is 5.32 Å². The van der Waals surface area contributed by atoms with E-state index in [9.17, 15) is 4.79 Å². The van der Waals surface area contributed by atoms with Gasteiger partial charge in [-0.25, -0.2) is 0 Å². The molecule has 1 unspecified atom stereocenters. The SMILES string of the molecule is C=C(C)C(=O)NCCOCC1CO1. The fraction of sp³-hybridized carbons (Fsp3) is 0.667. The van der Waals surface area contributed by atoms with Gasteiger partial charge < -0.3 is 14.8 Å². The first-order valence-corrected chi connectivity index (χ1v) is 4.33. The van der Waals surface area contributed by atoms with E-state index < -0.39 is 0 Å². The molecular weight excluding hydrogens is 170 g/mol. The maximum Gasteiger partial charge on any atom is 0.246 e. The Morgan fingerprint density at radius 3 is 3.00 bits per heavy atom. The average Bonchev–Trinajstić information content (AvgIpc) is 2.87. The van der Waals surface area contributed by atoms with Crippen LogP contribution in [0.1, 0.15) is 6.92 Å². The molecular formula is C9H15NO3. The lowest BCUT2D eigenvalue weighted by Crippen LogP contribution is -2.27. The van der Waals surface area contributed by atoms with Crippen LogP contribution < -0.4 is 5.32 Å². The molecule has 0 aromatic heterocycles. The molecule has 0 bridgehead atoms. The van der Waals surface area contributed by atoms with Crippen molar-refractivity contribution in [2.24, 2.45) is 0 Å². The van der Waals surface area contributed by atoms with E-state index in [-0.39, 0.29) is 12.0 Å². The van der Waals surface area contributed by atoms with Crippen LogP contribution in [0.3, 0.4) is 0 Å². The van der Waals surface area contributed by atoms with Crippen LogP contribution in [0, 0.1) is 0 Å². The Kier molecular flexibility index (Phi) is 3.92.